The summed E-state index contributed by atoms with van der Waals surface area (Å²) in [6.07, 6.45) is -0.487. The molecule has 0 fully saturated rings. The van der Waals surface area contributed by atoms with Gasteiger partial charge in [0.2, 0.25) is 0 Å². The molecular formula is C11H11BrNO3-. The molecule has 4 nitrogen and oxygen atoms in total. The Balaban J connectivity index is 2.62. The number of hydrogen-bond donors (Lipinski definition) is 1. The summed E-state index contributed by atoms with van der Waals surface area (Å²) in [6, 6.07) is 0. The van der Waals surface area contributed by atoms with Crippen LogP contribution in [0.15, 0.2) is 4.47 Å². The van der Waals surface area contributed by atoms with E-state index in [4.69, 9.17) is 4.74 Å². The summed E-state index contributed by atoms with van der Waals surface area (Å²) in [4.78, 5) is 10.6. The number of halogens is 1. The van der Waals surface area contributed by atoms with Crippen LogP contribution in [0.4, 0.5) is 10.5 Å². The first-order valence-electron chi connectivity index (χ1n) is 4.94. The Morgan fingerprint density at radius 2 is 2.12 bits per heavy atom. The average molecular weight is 285 g/mol. The Morgan fingerprint density at radius 3 is 2.75 bits per heavy atom. The highest BCUT2D eigenvalue weighted by atomic mass is 79.9. The van der Waals surface area contributed by atoms with E-state index in [1.807, 2.05) is 13.8 Å². The van der Waals surface area contributed by atoms with E-state index in [1.165, 1.54) is 0 Å². The highest BCUT2D eigenvalue weighted by molar-refractivity contribution is 9.10. The number of amides is 1. The standard InChI is InChI=1S/C11H12BrNO3/c1-5-7-3-4-16-10(7)8(12)6(2)9(5)13-11(14)15/h13H,3-4H2,1-2H3,(H,14,15)/p-1. The molecule has 1 aromatic rings. The largest absolute Gasteiger partial charge is 0.530 e. The van der Waals surface area contributed by atoms with Crippen molar-refractivity contribution in [2.75, 3.05) is 11.9 Å². The number of ether oxygens (including phenoxy) is 1. The molecule has 0 spiro atoms. The number of nitrogens with one attached hydrogen (secondary N) is 1. The van der Waals surface area contributed by atoms with E-state index in [-0.39, 0.29) is 0 Å². The molecule has 1 amide bonds. The molecule has 5 heteroatoms. The summed E-state index contributed by atoms with van der Waals surface area (Å²) in [6.45, 7) is 4.37. The van der Waals surface area contributed by atoms with Crippen molar-refractivity contribution in [1.82, 2.24) is 0 Å². The summed E-state index contributed by atoms with van der Waals surface area (Å²) in [7, 11) is 0. The van der Waals surface area contributed by atoms with Gasteiger partial charge in [0.15, 0.2) is 0 Å². The lowest BCUT2D eigenvalue weighted by atomic mass is 10.0. The van der Waals surface area contributed by atoms with Crippen molar-refractivity contribution in [2.24, 2.45) is 0 Å². The lowest BCUT2D eigenvalue weighted by Crippen LogP contribution is -2.29. The number of fused-ring (bicyclic) bond motifs is 1. The molecule has 0 aliphatic carbocycles. The zero-order valence-corrected chi connectivity index (χ0v) is 10.6. The van der Waals surface area contributed by atoms with Gasteiger partial charge in [0, 0.05) is 17.7 Å². The van der Waals surface area contributed by atoms with Crippen LogP contribution in [0.3, 0.4) is 0 Å². The molecule has 1 N–H and O–H groups in total. The fraction of sp³-hybridized carbons (Fsp3) is 0.364. The van der Waals surface area contributed by atoms with E-state index < -0.39 is 6.09 Å². The SMILES string of the molecule is Cc1c(Br)c2c(c(C)c1NC(=O)[O-])CCO2. The minimum Gasteiger partial charge on any atom is -0.530 e. The Bertz CT molecular complexity index is 471. The van der Waals surface area contributed by atoms with Crippen molar-refractivity contribution in [1.29, 1.82) is 0 Å². The van der Waals surface area contributed by atoms with Crippen LogP contribution in [0.25, 0.3) is 0 Å². The summed E-state index contributed by atoms with van der Waals surface area (Å²) < 4.78 is 6.33. The van der Waals surface area contributed by atoms with Crippen molar-refractivity contribution < 1.29 is 14.6 Å². The smallest absolute Gasteiger partial charge is 0.138 e. The molecule has 0 saturated carbocycles. The first-order chi connectivity index (χ1) is 7.52. The van der Waals surface area contributed by atoms with Crippen LogP contribution in [0, 0.1) is 13.8 Å². The molecule has 0 atom stereocenters. The average Bonchev–Trinajstić information content (AvgIpc) is 2.70. The number of hydrogen-bond acceptors (Lipinski definition) is 3. The van der Waals surface area contributed by atoms with Gasteiger partial charge in [0.1, 0.15) is 11.8 Å². The number of carboxylic acid groups (broad SMARTS) is 1. The summed E-state index contributed by atoms with van der Waals surface area (Å²) in [5.41, 5.74) is 3.39. The zero-order valence-electron chi connectivity index (χ0n) is 9.02. The minimum atomic E-state index is -1.29. The molecule has 16 heavy (non-hydrogen) atoms. The third-order valence-corrected chi connectivity index (χ3v) is 3.79. The summed E-state index contributed by atoms with van der Waals surface area (Å²) >= 11 is 3.43. The molecule has 1 aliphatic heterocycles. The van der Waals surface area contributed by atoms with E-state index in [0.29, 0.717) is 12.3 Å². The Morgan fingerprint density at radius 1 is 1.44 bits per heavy atom. The topological polar surface area (TPSA) is 61.4 Å². The van der Waals surface area contributed by atoms with Gasteiger partial charge in [-0.2, -0.15) is 0 Å². The number of carbonyl (C=O) groups excluding carboxylic acids is 1. The summed E-state index contributed by atoms with van der Waals surface area (Å²) in [5, 5.41) is 12.9. The van der Waals surface area contributed by atoms with E-state index in [9.17, 15) is 9.90 Å². The quantitative estimate of drug-likeness (QED) is 0.855. The van der Waals surface area contributed by atoms with Crippen LogP contribution >= 0.6 is 15.9 Å². The predicted molar refractivity (Wildman–Crippen MR) is 61.8 cm³/mol. The van der Waals surface area contributed by atoms with Crippen LogP contribution < -0.4 is 15.2 Å². The normalized spacial score (nSPS) is 13.2. The molecule has 1 aromatic carbocycles. The fourth-order valence-corrected chi connectivity index (χ4v) is 2.56. The molecule has 1 aliphatic rings. The third-order valence-electron chi connectivity index (χ3n) is 2.83. The second-order valence-corrected chi connectivity index (χ2v) is 4.55. The zero-order chi connectivity index (χ0) is 11.9. The van der Waals surface area contributed by atoms with Gasteiger partial charge < -0.3 is 20.0 Å². The molecule has 0 bridgehead atoms. The molecule has 0 aromatic heterocycles. The van der Waals surface area contributed by atoms with Gasteiger partial charge >= 0.3 is 0 Å². The Labute approximate surface area is 102 Å². The predicted octanol–water partition coefficient (Wildman–Crippen LogP) is 1.76. The minimum absolute atomic E-state index is 0.594. The lowest BCUT2D eigenvalue weighted by molar-refractivity contribution is -0.242. The number of carbonyl (C=O) groups is 1. The van der Waals surface area contributed by atoms with Gasteiger partial charge in [-0.1, -0.05) is 0 Å². The Hall–Kier alpha value is -1.23. The monoisotopic (exact) mass is 284 g/mol. The molecule has 0 radical (unpaired) electrons. The fourth-order valence-electron chi connectivity index (χ4n) is 2.01. The van der Waals surface area contributed by atoms with Gasteiger partial charge in [-0.05, 0) is 40.9 Å². The van der Waals surface area contributed by atoms with Crippen molar-refractivity contribution >= 4 is 27.7 Å². The third kappa shape index (κ3) is 1.65. The van der Waals surface area contributed by atoms with Crippen molar-refractivity contribution in [3.05, 3.63) is 21.2 Å². The van der Waals surface area contributed by atoms with E-state index in [0.717, 1.165) is 33.3 Å². The van der Waals surface area contributed by atoms with E-state index in [1.54, 1.807) is 0 Å². The molecule has 86 valence electrons. The van der Waals surface area contributed by atoms with Crippen molar-refractivity contribution in [3.8, 4) is 5.75 Å². The molecule has 0 unspecified atom stereocenters. The maximum atomic E-state index is 10.6. The highest BCUT2D eigenvalue weighted by Gasteiger charge is 2.23. The van der Waals surface area contributed by atoms with Gasteiger partial charge in [0.25, 0.3) is 0 Å². The lowest BCUT2D eigenvalue weighted by Gasteiger charge is -2.17. The van der Waals surface area contributed by atoms with Gasteiger partial charge in [-0.15, -0.1) is 0 Å². The number of rotatable bonds is 1. The van der Waals surface area contributed by atoms with Crippen LogP contribution in [0.2, 0.25) is 0 Å². The highest BCUT2D eigenvalue weighted by Crippen LogP contribution is 2.42. The number of benzene rings is 1. The molecular weight excluding hydrogens is 274 g/mol. The van der Waals surface area contributed by atoms with Gasteiger partial charge in [0.05, 0.1) is 11.1 Å². The number of anilines is 1. The van der Waals surface area contributed by atoms with Crippen molar-refractivity contribution in [3.63, 3.8) is 0 Å². The maximum absolute atomic E-state index is 10.6. The Kier molecular flexibility index (Phi) is 2.80. The van der Waals surface area contributed by atoms with Crippen LogP contribution in [0.1, 0.15) is 16.7 Å². The maximum Gasteiger partial charge on any atom is 0.138 e. The van der Waals surface area contributed by atoms with E-state index >= 15 is 0 Å². The summed E-state index contributed by atoms with van der Waals surface area (Å²) in [5.74, 6) is 0.832. The van der Waals surface area contributed by atoms with E-state index in [2.05, 4.69) is 21.2 Å². The first kappa shape index (κ1) is 11.3. The second kappa shape index (κ2) is 3.97. The van der Waals surface area contributed by atoms with Crippen LogP contribution in [0.5, 0.6) is 5.75 Å². The van der Waals surface area contributed by atoms with Crippen molar-refractivity contribution in [2.45, 2.75) is 20.3 Å². The van der Waals surface area contributed by atoms with Gasteiger partial charge in [-0.25, -0.2) is 0 Å². The van der Waals surface area contributed by atoms with Gasteiger partial charge in [-0.3, -0.25) is 0 Å². The molecule has 1 heterocycles. The van der Waals surface area contributed by atoms with Crippen LogP contribution in [-0.2, 0) is 6.42 Å². The first-order valence-corrected chi connectivity index (χ1v) is 5.74. The molecule has 2 rings (SSSR count). The second-order valence-electron chi connectivity index (χ2n) is 3.76. The van der Waals surface area contributed by atoms with Crippen LogP contribution in [-0.4, -0.2) is 12.7 Å². The molecule has 0 saturated heterocycles.